The van der Waals surface area contributed by atoms with Crippen LogP contribution in [0.2, 0.25) is 0 Å². The van der Waals surface area contributed by atoms with Gasteiger partial charge in [-0.15, -0.1) is 22.7 Å². The Morgan fingerprint density at radius 1 is 1.07 bits per heavy atom. The number of hydrogen-bond acceptors (Lipinski definition) is 6. The number of benzene rings is 1. The van der Waals surface area contributed by atoms with Gasteiger partial charge < -0.3 is 10.3 Å². The number of amides is 2. The van der Waals surface area contributed by atoms with Gasteiger partial charge in [0, 0.05) is 18.3 Å². The van der Waals surface area contributed by atoms with Crippen molar-refractivity contribution in [1.29, 1.82) is 0 Å². The van der Waals surface area contributed by atoms with Crippen LogP contribution in [0.25, 0.3) is 11.0 Å². The molecule has 29 heavy (non-hydrogen) atoms. The number of hydrogen-bond donors (Lipinski definition) is 3. The summed E-state index contributed by atoms with van der Waals surface area (Å²) in [7, 11) is 0. The number of rotatable bonds is 8. The minimum atomic E-state index is -0.184. The number of aryl methyl sites for hydroxylation is 1. The fraction of sp³-hybridized carbons (Fsp3) is 0.200. The number of nitrogens with zero attached hydrogens (tertiary/aromatic N) is 2. The molecule has 148 valence electrons. The third-order valence-corrected chi connectivity index (χ3v) is 5.88. The first-order valence-corrected chi connectivity index (χ1v) is 10.9. The van der Waals surface area contributed by atoms with Gasteiger partial charge in [0.25, 0.3) is 5.91 Å². The Labute approximate surface area is 175 Å². The molecule has 4 aromatic rings. The summed E-state index contributed by atoms with van der Waals surface area (Å²) in [5.74, 6) is 0.651. The van der Waals surface area contributed by atoms with Gasteiger partial charge in [0.15, 0.2) is 5.13 Å². The van der Waals surface area contributed by atoms with Gasteiger partial charge in [-0.05, 0) is 30.0 Å². The van der Waals surface area contributed by atoms with E-state index in [4.69, 9.17) is 0 Å². The van der Waals surface area contributed by atoms with Gasteiger partial charge in [-0.1, -0.05) is 18.2 Å². The second-order valence-corrected chi connectivity index (χ2v) is 8.21. The summed E-state index contributed by atoms with van der Waals surface area (Å²) < 4.78 is 0. The number of aromatic nitrogens is 3. The largest absolute Gasteiger partial charge is 0.356 e. The lowest BCUT2D eigenvalue weighted by Gasteiger charge is -2.03. The van der Waals surface area contributed by atoms with Crippen LogP contribution in [0.5, 0.6) is 0 Å². The third kappa shape index (κ3) is 5.07. The molecule has 0 saturated heterocycles. The number of H-pyrrole nitrogens is 1. The molecule has 0 saturated carbocycles. The summed E-state index contributed by atoms with van der Waals surface area (Å²) in [6.07, 6.45) is 1.76. The monoisotopic (exact) mass is 425 g/mol. The molecule has 1 aromatic carbocycles. The van der Waals surface area contributed by atoms with Gasteiger partial charge in [-0.3, -0.25) is 14.9 Å². The van der Waals surface area contributed by atoms with Gasteiger partial charge >= 0.3 is 0 Å². The molecule has 0 spiro atoms. The van der Waals surface area contributed by atoms with Crippen molar-refractivity contribution in [3.05, 3.63) is 63.6 Å². The molecule has 3 heterocycles. The van der Waals surface area contributed by atoms with Crippen molar-refractivity contribution < 1.29 is 9.59 Å². The van der Waals surface area contributed by atoms with Gasteiger partial charge in [0.1, 0.15) is 5.82 Å². The normalized spacial score (nSPS) is 10.9. The number of imidazole rings is 1. The number of fused-ring (bicyclic) bond motifs is 1. The summed E-state index contributed by atoms with van der Waals surface area (Å²) in [5, 5.41) is 9.80. The van der Waals surface area contributed by atoms with Crippen LogP contribution in [-0.2, 0) is 17.6 Å². The Morgan fingerprint density at radius 3 is 2.79 bits per heavy atom. The number of para-hydroxylation sites is 2. The highest BCUT2D eigenvalue weighted by Crippen LogP contribution is 2.18. The standard InChI is InChI=1S/C20H19N5O2S2/c26-18(21-9-3-8-17-23-14-5-1-2-6-15(14)24-17)11-13-12-29-20(22-13)25-19(27)16-7-4-10-28-16/h1-2,4-7,10,12H,3,8-9,11H2,(H,21,26)(H,23,24)(H,22,25,27). The molecule has 0 aliphatic heterocycles. The van der Waals surface area contributed by atoms with Gasteiger partial charge in [-0.25, -0.2) is 9.97 Å². The SMILES string of the molecule is O=C(Cc1csc(NC(=O)c2cccs2)n1)NCCCc1nc2ccccc2[nH]1. The lowest BCUT2D eigenvalue weighted by atomic mass is 10.3. The van der Waals surface area contributed by atoms with E-state index >= 15 is 0 Å². The van der Waals surface area contributed by atoms with Gasteiger partial charge in [0.05, 0.1) is 28.0 Å². The predicted molar refractivity (Wildman–Crippen MR) is 116 cm³/mol. The molecule has 2 amide bonds. The lowest BCUT2D eigenvalue weighted by Crippen LogP contribution is -2.26. The molecule has 3 N–H and O–H groups in total. The van der Waals surface area contributed by atoms with E-state index in [1.807, 2.05) is 35.7 Å². The van der Waals surface area contributed by atoms with Crippen LogP contribution in [-0.4, -0.2) is 33.3 Å². The van der Waals surface area contributed by atoms with Crippen molar-refractivity contribution in [3.8, 4) is 0 Å². The number of thiazole rings is 1. The summed E-state index contributed by atoms with van der Waals surface area (Å²) in [6.45, 7) is 0.571. The number of aromatic amines is 1. The van der Waals surface area contributed by atoms with Crippen molar-refractivity contribution in [2.24, 2.45) is 0 Å². The number of carbonyl (C=O) groups is 2. The Balaban J connectivity index is 1.20. The zero-order chi connectivity index (χ0) is 20.1. The van der Waals surface area contributed by atoms with Crippen molar-refractivity contribution in [2.75, 3.05) is 11.9 Å². The quantitative estimate of drug-likeness (QED) is 0.375. The maximum absolute atomic E-state index is 12.1. The first-order chi connectivity index (χ1) is 14.2. The fourth-order valence-electron chi connectivity index (χ4n) is 2.85. The average Bonchev–Trinajstić information content (AvgIpc) is 3.45. The second-order valence-electron chi connectivity index (χ2n) is 6.41. The molecule has 3 aromatic heterocycles. The lowest BCUT2D eigenvalue weighted by molar-refractivity contribution is -0.120. The van der Waals surface area contributed by atoms with Crippen LogP contribution in [0.4, 0.5) is 5.13 Å². The van der Waals surface area contributed by atoms with E-state index < -0.39 is 0 Å². The van der Waals surface area contributed by atoms with Gasteiger partial charge in [0.2, 0.25) is 5.91 Å². The molecule has 0 aliphatic rings. The minimum absolute atomic E-state index is 0.0870. The predicted octanol–water partition coefficient (Wildman–Crippen LogP) is 3.62. The summed E-state index contributed by atoms with van der Waals surface area (Å²) in [6, 6.07) is 11.5. The van der Waals surface area contributed by atoms with Crippen molar-refractivity contribution in [1.82, 2.24) is 20.3 Å². The van der Waals surface area contributed by atoms with E-state index in [0.717, 1.165) is 29.7 Å². The van der Waals surface area contributed by atoms with Crippen LogP contribution < -0.4 is 10.6 Å². The fourth-order valence-corrected chi connectivity index (χ4v) is 4.17. The van der Waals surface area contributed by atoms with Crippen LogP contribution in [0.1, 0.15) is 27.6 Å². The highest BCUT2D eigenvalue weighted by Gasteiger charge is 2.12. The third-order valence-electron chi connectivity index (χ3n) is 4.21. The van der Waals surface area contributed by atoms with Crippen LogP contribution >= 0.6 is 22.7 Å². The zero-order valence-corrected chi connectivity index (χ0v) is 17.1. The number of anilines is 1. The van der Waals surface area contributed by atoms with E-state index in [1.165, 1.54) is 22.7 Å². The molecule has 7 nitrogen and oxygen atoms in total. The highest BCUT2D eigenvalue weighted by molar-refractivity contribution is 7.14. The van der Waals surface area contributed by atoms with Gasteiger partial charge in [-0.2, -0.15) is 0 Å². The molecule has 0 radical (unpaired) electrons. The molecule has 4 rings (SSSR count). The maximum Gasteiger partial charge on any atom is 0.267 e. The molecule has 0 fully saturated rings. The summed E-state index contributed by atoms with van der Waals surface area (Å²) in [5.41, 5.74) is 2.63. The zero-order valence-electron chi connectivity index (χ0n) is 15.5. The first-order valence-electron chi connectivity index (χ1n) is 9.17. The molecule has 0 unspecified atom stereocenters. The molecular formula is C20H19N5O2S2. The molecular weight excluding hydrogens is 406 g/mol. The van der Waals surface area contributed by atoms with Crippen LogP contribution in [0, 0.1) is 0 Å². The molecule has 0 atom stereocenters. The van der Waals surface area contributed by atoms with E-state index in [9.17, 15) is 9.59 Å². The van der Waals surface area contributed by atoms with Crippen molar-refractivity contribution >= 4 is 50.7 Å². The average molecular weight is 426 g/mol. The Morgan fingerprint density at radius 2 is 1.97 bits per heavy atom. The second kappa shape index (κ2) is 8.97. The first kappa shape index (κ1) is 19.3. The summed E-state index contributed by atoms with van der Waals surface area (Å²) in [4.78, 5) is 36.9. The van der Waals surface area contributed by atoms with Crippen LogP contribution in [0.3, 0.4) is 0 Å². The topological polar surface area (TPSA) is 99.8 Å². The van der Waals surface area contributed by atoms with Crippen molar-refractivity contribution in [2.45, 2.75) is 19.3 Å². The number of nitrogens with one attached hydrogen (secondary N) is 3. The minimum Gasteiger partial charge on any atom is -0.356 e. The Hall–Kier alpha value is -3.04. The van der Waals surface area contributed by atoms with Crippen molar-refractivity contribution in [3.63, 3.8) is 0 Å². The van der Waals surface area contributed by atoms with E-state index in [0.29, 0.717) is 22.2 Å². The molecule has 9 heteroatoms. The van der Waals surface area contributed by atoms with E-state index in [1.54, 1.807) is 11.4 Å². The smallest absolute Gasteiger partial charge is 0.267 e. The Bertz CT molecular complexity index is 1080. The van der Waals surface area contributed by atoms with E-state index in [-0.39, 0.29) is 18.2 Å². The highest BCUT2D eigenvalue weighted by atomic mass is 32.1. The maximum atomic E-state index is 12.1. The molecule has 0 bridgehead atoms. The molecule has 0 aliphatic carbocycles. The number of thiophene rings is 1. The Kier molecular flexibility index (Phi) is 5.97. The summed E-state index contributed by atoms with van der Waals surface area (Å²) >= 11 is 2.69. The number of carbonyl (C=O) groups excluding carboxylic acids is 2. The van der Waals surface area contributed by atoms with Crippen LogP contribution in [0.15, 0.2) is 47.2 Å². The van der Waals surface area contributed by atoms with E-state index in [2.05, 4.69) is 25.6 Å².